The molecular weight excluding hydrogens is 590 g/mol. The summed E-state index contributed by atoms with van der Waals surface area (Å²) in [4.78, 5) is 15.7. The number of benzene rings is 2. The molecule has 0 bridgehead atoms. The molecule has 3 rings (SSSR count). The zero-order valence-electron chi connectivity index (χ0n) is 22.8. The molecule has 1 heterocycles. The number of H-pyrrole nitrogens is 1. The minimum atomic E-state index is -4.90. The number of amides is 1. The number of anilines is 1. The van der Waals surface area contributed by atoms with Gasteiger partial charge in [-0.05, 0) is 49.1 Å². The van der Waals surface area contributed by atoms with Crippen LogP contribution in [0, 0.1) is 5.82 Å². The molecular formula is C28H35BrF6N2O2. The first kappa shape index (κ1) is 34.3. The second-order valence-corrected chi connectivity index (χ2v) is 10.6. The molecule has 0 radical (unpaired) electrons. The Morgan fingerprint density at radius 2 is 1.74 bits per heavy atom. The van der Waals surface area contributed by atoms with Gasteiger partial charge >= 0.3 is 6.18 Å². The fraction of sp³-hybridized carbons (Fsp3) is 0.464. The summed E-state index contributed by atoms with van der Waals surface area (Å²) in [5, 5.41) is 3.18. The zero-order valence-corrected chi connectivity index (χ0v) is 24.4. The summed E-state index contributed by atoms with van der Waals surface area (Å²) in [6, 6.07) is 6.25. The van der Waals surface area contributed by atoms with Gasteiger partial charge in [0.05, 0.1) is 0 Å². The number of nitrogens with one attached hydrogen (secondary N) is 2. The summed E-state index contributed by atoms with van der Waals surface area (Å²) in [6.07, 6.45) is -1.01. The van der Waals surface area contributed by atoms with Gasteiger partial charge in [-0.1, -0.05) is 63.4 Å². The molecule has 1 unspecified atom stereocenters. The second-order valence-electron chi connectivity index (χ2n) is 8.90. The first-order valence-corrected chi connectivity index (χ1v) is 13.4. The number of halogens is 7. The molecule has 0 aliphatic carbocycles. The molecule has 0 aliphatic heterocycles. The van der Waals surface area contributed by atoms with E-state index in [0.717, 1.165) is 35.4 Å². The molecule has 1 aromatic heterocycles. The van der Waals surface area contributed by atoms with E-state index < -0.39 is 40.5 Å². The summed E-state index contributed by atoms with van der Waals surface area (Å²) in [5.41, 5.74) is 0.154. The van der Waals surface area contributed by atoms with Crippen LogP contribution in [0.2, 0.25) is 0 Å². The highest BCUT2D eigenvalue weighted by Gasteiger charge is 2.38. The number of rotatable bonds is 8. The van der Waals surface area contributed by atoms with Crippen LogP contribution in [0.4, 0.5) is 32.0 Å². The van der Waals surface area contributed by atoms with Crippen LogP contribution in [0.3, 0.4) is 0 Å². The molecule has 218 valence electrons. The van der Waals surface area contributed by atoms with E-state index >= 15 is 0 Å². The molecule has 11 heteroatoms. The van der Waals surface area contributed by atoms with Crippen LogP contribution in [0.15, 0.2) is 36.5 Å². The maximum Gasteiger partial charge on any atom is 0.420 e. The zero-order chi connectivity index (χ0) is 30.0. The lowest BCUT2D eigenvalue weighted by molar-refractivity contribution is -0.138. The Bertz CT molecular complexity index is 1210. The van der Waals surface area contributed by atoms with E-state index in [9.17, 15) is 31.1 Å². The van der Waals surface area contributed by atoms with Crippen LogP contribution in [-0.4, -0.2) is 22.1 Å². The van der Waals surface area contributed by atoms with Crippen molar-refractivity contribution in [1.82, 2.24) is 4.98 Å². The average molecular weight is 625 g/mol. The molecule has 0 saturated heterocycles. The van der Waals surface area contributed by atoms with E-state index in [4.69, 9.17) is 4.74 Å². The summed E-state index contributed by atoms with van der Waals surface area (Å²) in [6.45, 7) is 9.82. The third-order valence-electron chi connectivity index (χ3n) is 5.61. The maximum atomic E-state index is 14.9. The molecule has 4 nitrogen and oxygen atoms in total. The van der Waals surface area contributed by atoms with E-state index in [-0.39, 0.29) is 17.4 Å². The summed E-state index contributed by atoms with van der Waals surface area (Å²) >= 11 is 3.32. The number of hydrogen-bond acceptors (Lipinski definition) is 2. The standard InChI is InChI=1S/C25H27BrF4N2O2.C2H6.CH2F2/c1-5-6-9-24(4,26)23(33)32-15-10-19(25(28,29)30)22(20(27)11-15)34-16-7-8-21-17(12-16)18(13-31-21)14(2)3;1-2;2-1-3/h7-8,10-14,31H,5-6,9H2,1-4H3,(H,32,33);1-2H3;1H2. The number of alkyl halides is 6. The molecule has 1 atom stereocenters. The Morgan fingerprint density at radius 1 is 1.13 bits per heavy atom. The highest BCUT2D eigenvalue weighted by molar-refractivity contribution is 9.10. The van der Waals surface area contributed by atoms with Gasteiger partial charge < -0.3 is 15.0 Å². The van der Waals surface area contributed by atoms with E-state index in [1.54, 1.807) is 19.1 Å². The Hall–Kier alpha value is -2.69. The summed E-state index contributed by atoms with van der Waals surface area (Å²) in [5.74, 6) is -2.48. The number of ether oxygens (including phenoxy) is 1. The number of fused-ring (bicyclic) bond motifs is 1. The number of hydrogen-bond donors (Lipinski definition) is 2. The summed E-state index contributed by atoms with van der Waals surface area (Å²) in [7, 11) is 0. The Balaban J connectivity index is 0.00000142. The van der Waals surface area contributed by atoms with Crippen LogP contribution >= 0.6 is 15.9 Å². The van der Waals surface area contributed by atoms with Gasteiger partial charge in [-0.25, -0.2) is 13.2 Å². The lowest BCUT2D eigenvalue weighted by Gasteiger charge is -2.22. The van der Waals surface area contributed by atoms with Gasteiger partial charge in [-0.3, -0.25) is 4.79 Å². The second kappa shape index (κ2) is 15.2. The van der Waals surface area contributed by atoms with Crippen LogP contribution < -0.4 is 10.1 Å². The molecule has 0 saturated carbocycles. The van der Waals surface area contributed by atoms with Crippen LogP contribution in [0.1, 0.15) is 77.8 Å². The van der Waals surface area contributed by atoms with Gasteiger partial charge in [0.15, 0.2) is 11.6 Å². The molecule has 2 N–H and O–H groups in total. The molecule has 2 aromatic carbocycles. The maximum absolute atomic E-state index is 14.9. The number of carbonyl (C=O) groups is 1. The minimum Gasteiger partial charge on any atom is -0.454 e. The van der Waals surface area contributed by atoms with E-state index in [0.29, 0.717) is 12.5 Å². The third kappa shape index (κ3) is 9.47. The van der Waals surface area contributed by atoms with Crippen LogP contribution in [-0.2, 0) is 11.0 Å². The van der Waals surface area contributed by atoms with Crippen LogP contribution in [0.25, 0.3) is 10.9 Å². The normalized spacial score (nSPS) is 12.7. The Labute approximate surface area is 233 Å². The van der Waals surface area contributed by atoms with Gasteiger partial charge in [0.2, 0.25) is 12.8 Å². The van der Waals surface area contributed by atoms with Crippen molar-refractivity contribution in [2.24, 2.45) is 0 Å². The number of aromatic nitrogens is 1. The fourth-order valence-electron chi connectivity index (χ4n) is 3.64. The van der Waals surface area contributed by atoms with E-state index in [1.165, 1.54) is 6.07 Å². The van der Waals surface area contributed by atoms with Gasteiger partial charge in [-0.2, -0.15) is 13.2 Å². The average Bonchev–Trinajstić information content (AvgIpc) is 3.29. The van der Waals surface area contributed by atoms with Crippen molar-refractivity contribution in [3.63, 3.8) is 0 Å². The molecule has 0 spiro atoms. The number of unbranched alkanes of at least 4 members (excludes halogenated alkanes) is 1. The van der Waals surface area contributed by atoms with Crippen molar-refractivity contribution in [3.05, 3.63) is 53.5 Å². The largest absolute Gasteiger partial charge is 0.454 e. The van der Waals surface area contributed by atoms with Crippen molar-refractivity contribution >= 4 is 38.4 Å². The predicted molar refractivity (Wildman–Crippen MR) is 148 cm³/mol. The van der Waals surface area contributed by atoms with E-state index in [2.05, 4.69) is 26.2 Å². The molecule has 39 heavy (non-hydrogen) atoms. The Kier molecular flexibility index (Phi) is 13.4. The highest BCUT2D eigenvalue weighted by Crippen LogP contribution is 2.42. The Morgan fingerprint density at radius 3 is 2.28 bits per heavy atom. The highest BCUT2D eigenvalue weighted by atomic mass is 79.9. The van der Waals surface area contributed by atoms with Crippen molar-refractivity contribution in [3.8, 4) is 11.5 Å². The molecule has 1 amide bonds. The van der Waals surface area contributed by atoms with Crippen molar-refractivity contribution in [2.45, 2.75) is 77.2 Å². The first-order valence-electron chi connectivity index (χ1n) is 12.6. The molecule has 0 fully saturated rings. The number of carbonyl (C=O) groups excluding carboxylic acids is 1. The third-order valence-corrected chi connectivity index (χ3v) is 6.36. The van der Waals surface area contributed by atoms with Gasteiger partial charge in [-0.15, -0.1) is 0 Å². The fourth-order valence-corrected chi connectivity index (χ4v) is 4.02. The minimum absolute atomic E-state index is 0.0720. The van der Waals surface area contributed by atoms with E-state index in [1.807, 2.05) is 40.8 Å². The van der Waals surface area contributed by atoms with Gasteiger partial charge in [0.25, 0.3) is 0 Å². The van der Waals surface area contributed by atoms with Crippen LogP contribution in [0.5, 0.6) is 11.5 Å². The SMILES string of the molecule is CC.CCCCC(C)(Br)C(=O)Nc1cc(F)c(Oc2ccc3[nH]cc(C(C)C)c3c2)c(C(F)(F)F)c1.FCF. The summed E-state index contributed by atoms with van der Waals surface area (Å²) < 4.78 is 80.2. The van der Waals surface area contributed by atoms with Gasteiger partial charge in [0, 0.05) is 28.9 Å². The van der Waals surface area contributed by atoms with Crippen molar-refractivity contribution in [1.29, 1.82) is 0 Å². The molecule has 0 aliphatic rings. The quantitative estimate of drug-likeness (QED) is 0.193. The molecule has 3 aromatic rings. The monoisotopic (exact) mass is 624 g/mol. The number of aromatic amines is 1. The lowest BCUT2D eigenvalue weighted by Crippen LogP contribution is -2.34. The predicted octanol–water partition coefficient (Wildman–Crippen LogP) is 10.4. The lowest BCUT2D eigenvalue weighted by atomic mass is 10.0. The topological polar surface area (TPSA) is 54.1 Å². The first-order chi connectivity index (χ1) is 18.2. The smallest absolute Gasteiger partial charge is 0.420 e. The van der Waals surface area contributed by atoms with Crippen molar-refractivity contribution in [2.75, 3.05) is 12.2 Å². The van der Waals surface area contributed by atoms with Crippen molar-refractivity contribution < 1.29 is 35.9 Å². The van der Waals surface area contributed by atoms with Gasteiger partial charge in [0.1, 0.15) is 15.6 Å².